The van der Waals surface area contributed by atoms with Gasteiger partial charge in [0.2, 0.25) is 0 Å². The number of thiazole rings is 1. The number of aromatic nitrogens is 1. The fraction of sp³-hybridized carbons (Fsp3) is 0. The summed E-state index contributed by atoms with van der Waals surface area (Å²) in [7, 11) is 0. The molecular formula is C3H8Br3N3S. The summed E-state index contributed by atoms with van der Waals surface area (Å²) in [5, 5.41) is 2.23. The average molecular weight is 358 g/mol. The first kappa shape index (κ1) is 17.0. The number of halogens is 3. The van der Waals surface area contributed by atoms with E-state index in [0.29, 0.717) is 10.9 Å². The highest BCUT2D eigenvalue weighted by molar-refractivity contribution is 8.93. The Morgan fingerprint density at radius 2 is 1.70 bits per heavy atom. The maximum atomic E-state index is 5.21. The molecule has 4 N–H and O–H groups in total. The zero-order valence-corrected chi connectivity index (χ0v) is 10.8. The van der Waals surface area contributed by atoms with Crippen molar-refractivity contribution >= 4 is 73.2 Å². The van der Waals surface area contributed by atoms with Crippen LogP contribution in [0.2, 0.25) is 0 Å². The topological polar surface area (TPSA) is 64.9 Å². The maximum absolute atomic E-state index is 5.21. The summed E-state index contributed by atoms with van der Waals surface area (Å²) in [6.45, 7) is 0. The van der Waals surface area contributed by atoms with Crippen LogP contribution in [0.5, 0.6) is 0 Å². The Morgan fingerprint density at radius 3 is 1.80 bits per heavy atom. The summed E-state index contributed by atoms with van der Waals surface area (Å²) in [6.07, 6.45) is 0. The Kier molecular flexibility index (Phi) is 13.2. The Hall–Kier alpha value is 0.670. The first-order chi connectivity index (χ1) is 3.29. The van der Waals surface area contributed by atoms with Crippen molar-refractivity contribution in [3.05, 3.63) is 5.38 Å². The third-order valence-electron chi connectivity index (χ3n) is 0.540. The first-order valence-electron chi connectivity index (χ1n) is 1.75. The Morgan fingerprint density at radius 1 is 1.20 bits per heavy atom. The second kappa shape index (κ2) is 7.77. The van der Waals surface area contributed by atoms with Gasteiger partial charge in [-0.2, -0.15) is 0 Å². The molecule has 0 fully saturated rings. The van der Waals surface area contributed by atoms with Gasteiger partial charge in [-0.05, 0) is 0 Å². The van der Waals surface area contributed by atoms with Gasteiger partial charge in [0.1, 0.15) is 5.82 Å². The number of nitrogen functional groups attached to an aromatic ring is 2. The molecule has 0 bridgehead atoms. The van der Waals surface area contributed by atoms with Gasteiger partial charge in [-0.15, -0.1) is 62.3 Å². The summed E-state index contributed by atoms with van der Waals surface area (Å²) < 4.78 is 0. The van der Waals surface area contributed by atoms with E-state index in [0.717, 1.165) is 0 Å². The molecule has 10 heavy (non-hydrogen) atoms. The van der Waals surface area contributed by atoms with Crippen LogP contribution in [0.1, 0.15) is 0 Å². The lowest BCUT2D eigenvalue weighted by Gasteiger charge is -1.72. The SMILES string of the molecule is Br.Br.Br.Nc1csc(N)n1. The van der Waals surface area contributed by atoms with Crippen molar-refractivity contribution < 1.29 is 0 Å². The highest BCUT2D eigenvalue weighted by Gasteiger charge is 1.87. The number of nitrogens with zero attached hydrogens (tertiary/aromatic N) is 1. The minimum Gasteiger partial charge on any atom is -0.383 e. The Balaban J connectivity index is -0.000000163. The summed E-state index contributed by atoms with van der Waals surface area (Å²) in [5.74, 6) is 0.502. The van der Waals surface area contributed by atoms with Crippen LogP contribution in [0, 0.1) is 0 Å². The lowest BCUT2D eigenvalue weighted by Crippen LogP contribution is -1.85. The summed E-state index contributed by atoms with van der Waals surface area (Å²) in [6, 6.07) is 0. The van der Waals surface area contributed by atoms with E-state index in [-0.39, 0.29) is 50.9 Å². The molecule has 0 atom stereocenters. The van der Waals surface area contributed by atoms with E-state index in [9.17, 15) is 0 Å². The molecule has 0 aliphatic rings. The second-order valence-electron chi connectivity index (χ2n) is 1.11. The van der Waals surface area contributed by atoms with Crippen molar-refractivity contribution in [2.75, 3.05) is 11.5 Å². The second-order valence-corrected chi connectivity index (χ2v) is 2.00. The largest absolute Gasteiger partial charge is 0.383 e. The molecule has 0 saturated heterocycles. The summed E-state index contributed by atoms with van der Waals surface area (Å²) in [4.78, 5) is 3.69. The van der Waals surface area contributed by atoms with E-state index in [1.807, 2.05) is 0 Å². The Bertz CT molecular complexity index is 151. The highest BCUT2D eigenvalue weighted by Crippen LogP contribution is 2.10. The molecule has 0 unspecified atom stereocenters. The smallest absolute Gasteiger partial charge is 0.182 e. The molecule has 1 aromatic heterocycles. The standard InChI is InChI=1S/C3H5N3S.3BrH/c4-2-1-7-3(5)6-2;;;/h1H,4H2,(H2,5,6);3*1H. The van der Waals surface area contributed by atoms with Crippen molar-refractivity contribution in [2.24, 2.45) is 0 Å². The molecule has 0 radical (unpaired) electrons. The fourth-order valence-corrected chi connectivity index (χ4v) is 0.753. The predicted octanol–water partition coefficient (Wildman–Crippen LogP) is 2.04. The molecule has 1 aromatic rings. The Labute approximate surface area is 94.5 Å². The van der Waals surface area contributed by atoms with Crippen LogP contribution in [-0.4, -0.2) is 4.98 Å². The van der Waals surface area contributed by atoms with Gasteiger partial charge in [-0.1, -0.05) is 0 Å². The van der Waals surface area contributed by atoms with Gasteiger partial charge in [0.15, 0.2) is 5.13 Å². The molecule has 0 saturated carbocycles. The van der Waals surface area contributed by atoms with Crippen LogP contribution in [-0.2, 0) is 0 Å². The lowest BCUT2D eigenvalue weighted by atomic mass is 10.8. The van der Waals surface area contributed by atoms with Crippen molar-refractivity contribution in [3.63, 3.8) is 0 Å². The highest BCUT2D eigenvalue weighted by atomic mass is 79.9. The van der Waals surface area contributed by atoms with E-state index < -0.39 is 0 Å². The minimum atomic E-state index is 0. The quantitative estimate of drug-likeness (QED) is 0.746. The van der Waals surface area contributed by atoms with Crippen LogP contribution in [0.3, 0.4) is 0 Å². The minimum absolute atomic E-state index is 0. The van der Waals surface area contributed by atoms with Crippen LogP contribution in [0.4, 0.5) is 10.9 Å². The van der Waals surface area contributed by atoms with E-state index >= 15 is 0 Å². The van der Waals surface area contributed by atoms with Gasteiger partial charge in [0, 0.05) is 5.38 Å². The summed E-state index contributed by atoms with van der Waals surface area (Å²) >= 11 is 1.35. The first-order valence-corrected chi connectivity index (χ1v) is 2.63. The normalized spacial score (nSPS) is 6.40. The van der Waals surface area contributed by atoms with E-state index in [4.69, 9.17) is 11.5 Å². The van der Waals surface area contributed by atoms with Crippen LogP contribution in [0.15, 0.2) is 5.38 Å². The van der Waals surface area contributed by atoms with E-state index in [1.165, 1.54) is 11.3 Å². The monoisotopic (exact) mass is 355 g/mol. The third-order valence-corrected chi connectivity index (χ3v) is 1.23. The predicted molar refractivity (Wildman–Crippen MR) is 61.9 cm³/mol. The maximum Gasteiger partial charge on any atom is 0.182 e. The molecule has 1 rings (SSSR count). The van der Waals surface area contributed by atoms with Crippen LogP contribution < -0.4 is 11.5 Å². The third kappa shape index (κ3) is 5.45. The van der Waals surface area contributed by atoms with Crippen LogP contribution in [0.25, 0.3) is 0 Å². The van der Waals surface area contributed by atoms with Gasteiger partial charge in [-0.25, -0.2) is 4.98 Å². The van der Waals surface area contributed by atoms with Crippen molar-refractivity contribution in [3.8, 4) is 0 Å². The van der Waals surface area contributed by atoms with E-state index in [1.54, 1.807) is 5.38 Å². The van der Waals surface area contributed by atoms with Gasteiger partial charge in [0.25, 0.3) is 0 Å². The molecule has 62 valence electrons. The molecule has 0 aromatic carbocycles. The number of hydrogen-bond donors (Lipinski definition) is 2. The summed E-state index contributed by atoms with van der Waals surface area (Å²) in [5.41, 5.74) is 10.4. The van der Waals surface area contributed by atoms with Gasteiger partial charge >= 0.3 is 0 Å². The molecule has 0 amide bonds. The molecule has 3 nitrogen and oxygen atoms in total. The molecule has 7 heteroatoms. The van der Waals surface area contributed by atoms with Crippen molar-refractivity contribution in [1.29, 1.82) is 0 Å². The van der Waals surface area contributed by atoms with E-state index in [2.05, 4.69) is 4.98 Å². The number of nitrogens with two attached hydrogens (primary N) is 2. The molecule has 0 spiro atoms. The fourth-order valence-electron chi connectivity index (χ4n) is 0.301. The zero-order valence-electron chi connectivity index (χ0n) is 4.81. The van der Waals surface area contributed by atoms with Crippen LogP contribution >= 0.6 is 62.3 Å². The van der Waals surface area contributed by atoms with Crippen molar-refractivity contribution in [2.45, 2.75) is 0 Å². The van der Waals surface area contributed by atoms with Crippen molar-refractivity contribution in [1.82, 2.24) is 4.98 Å². The number of anilines is 2. The zero-order chi connectivity index (χ0) is 5.28. The number of hydrogen-bond acceptors (Lipinski definition) is 4. The lowest BCUT2D eigenvalue weighted by molar-refractivity contribution is 1.43. The molecular weight excluding hydrogens is 350 g/mol. The van der Waals surface area contributed by atoms with Gasteiger partial charge < -0.3 is 11.5 Å². The van der Waals surface area contributed by atoms with Gasteiger partial charge in [-0.3, -0.25) is 0 Å². The average Bonchev–Trinajstić information content (AvgIpc) is 1.87. The molecule has 0 aliphatic heterocycles. The number of rotatable bonds is 0. The molecule has 1 heterocycles. The molecule has 0 aliphatic carbocycles. The van der Waals surface area contributed by atoms with Gasteiger partial charge in [0.05, 0.1) is 0 Å².